The lowest BCUT2D eigenvalue weighted by Gasteiger charge is -2.10. The zero-order chi connectivity index (χ0) is 11.2. The number of hydrogen-bond donors (Lipinski definition) is 2. The summed E-state index contributed by atoms with van der Waals surface area (Å²) in [5.74, 6) is 0.575. The average molecular weight is 223 g/mol. The smallest absolute Gasteiger partial charge is 0.213 e. The molecule has 0 aliphatic heterocycles. The predicted octanol–water partition coefficient (Wildman–Crippen LogP) is -0.583. The summed E-state index contributed by atoms with van der Waals surface area (Å²) in [4.78, 5) is 3.85. The van der Waals surface area contributed by atoms with E-state index in [1.54, 1.807) is 10.9 Å². The molecule has 0 aromatic carbocycles. The van der Waals surface area contributed by atoms with Crippen LogP contribution in [0.25, 0.3) is 0 Å². The van der Waals surface area contributed by atoms with Gasteiger partial charge in [-0.25, -0.2) is 0 Å². The molecule has 2 heterocycles. The van der Waals surface area contributed by atoms with Gasteiger partial charge >= 0.3 is 0 Å². The number of aliphatic hydroxyl groups excluding tert-OH is 1. The monoisotopic (exact) mass is 223 g/mol. The van der Waals surface area contributed by atoms with Gasteiger partial charge in [-0.1, -0.05) is 5.16 Å². The van der Waals surface area contributed by atoms with Gasteiger partial charge in [-0.15, -0.1) is 0 Å². The Morgan fingerprint density at radius 2 is 2.50 bits per heavy atom. The highest BCUT2D eigenvalue weighted by atomic mass is 16.5. The second-order valence-electron chi connectivity index (χ2n) is 3.36. The second-order valence-corrected chi connectivity index (χ2v) is 3.36. The average Bonchev–Trinajstić information content (AvgIpc) is 2.90. The van der Waals surface area contributed by atoms with Crippen LogP contribution in [0.4, 0.5) is 0 Å². The summed E-state index contributed by atoms with van der Waals surface area (Å²) in [7, 11) is 0. The van der Waals surface area contributed by atoms with E-state index in [0.29, 0.717) is 25.5 Å². The van der Waals surface area contributed by atoms with Gasteiger partial charge < -0.3 is 14.9 Å². The summed E-state index contributed by atoms with van der Waals surface area (Å²) in [6.07, 6.45) is 4.27. The first-order valence-corrected chi connectivity index (χ1v) is 4.96. The van der Waals surface area contributed by atoms with Crippen LogP contribution in [0, 0.1) is 0 Å². The minimum absolute atomic E-state index is 0.453. The Bertz CT molecular complexity index is 386. The molecule has 0 aliphatic carbocycles. The molecule has 7 heteroatoms. The number of hydrogen-bond acceptors (Lipinski definition) is 6. The van der Waals surface area contributed by atoms with Crippen molar-refractivity contribution in [2.75, 3.05) is 6.54 Å². The van der Waals surface area contributed by atoms with Crippen molar-refractivity contribution < 1.29 is 9.63 Å². The molecule has 0 amide bonds. The van der Waals surface area contributed by atoms with Crippen LogP contribution < -0.4 is 5.32 Å². The number of nitrogens with zero attached hydrogens (tertiary/aromatic N) is 4. The van der Waals surface area contributed by atoms with Crippen molar-refractivity contribution in [3.8, 4) is 0 Å². The van der Waals surface area contributed by atoms with Gasteiger partial charge in [0.25, 0.3) is 0 Å². The van der Waals surface area contributed by atoms with Gasteiger partial charge in [0.05, 0.1) is 19.2 Å². The van der Waals surface area contributed by atoms with Crippen molar-refractivity contribution >= 4 is 0 Å². The third kappa shape index (κ3) is 3.14. The molecule has 0 aliphatic rings. The Morgan fingerprint density at radius 1 is 1.56 bits per heavy atom. The molecule has 7 nitrogen and oxygen atoms in total. The van der Waals surface area contributed by atoms with Gasteiger partial charge in [-0.2, -0.15) is 10.1 Å². The zero-order valence-corrected chi connectivity index (χ0v) is 8.65. The van der Waals surface area contributed by atoms with Gasteiger partial charge in [-0.3, -0.25) is 4.68 Å². The van der Waals surface area contributed by atoms with Gasteiger partial charge in [-0.05, 0) is 6.07 Å². The maximum Gasteiger partial charge on any atom is 0.213 e. The van der Waals surface area contributed by atoms with Crippen LogP contribution in [0.15, 0.2) is 29.4 Å². The SMILES string of the molecule is OC(CNCc1ncon1)Cn1cccn1. The number of aliphatic hydroxyl groups is 1. The van der Waals surface area contributed by atoms with Crippen molar-refractivity contribution in [1.82, 2.24) is 25.2 Å². The van der Waals surface area contributed by atoms with Crippen LogP contribution in [0.5, 0.6) is 0 Å². The van der Waals surface area contributed by atoms with E-state index in [-0.39, 0.29) is 0 Å². The van der Waals surface area contributed by atoms with Gasteiger partial charge in [0.15, 0.2) is 5.82 Å². The topological polar surface area (TPSA) is 89.0 Å². The molecular formula is C9H13N5O2. The van der Waals surface area contributed by atoms with Crippen LogP contribution in [0.3, 0.4) is 0 Å². The first-order valence-electron chi connectivity index (χ1n) is 4.96. The van der Waals surface area contributed by atoms with Crippen molar-refractivity contribution in [3.05, 3.63) is 30.7 Å². The number of aromatic nitrogens is 4. The minimum Gasteiger partial charge on any atom is -0.390 e. The highest BCUT2D eigenvalue weighted by Gasteiger charge is 2.05. The Balaban J connectivity index is 1.66. The van der Waals surface area contributed by atoms with E-state index in [0.717, 1.165) is 0 Å². The van der Waals surface area contributed by atoms with E-state index in [4.69, 9.17) is 0 Å². The Hall–Kier alpha value is -1.73. The van der Waals surface area contributed by atoms with Crippen LogP contribution >= 0.6 is 0 Å². The minimum atomic E-state index is -0.494. The third-order valence-electron chi connectivity index (χ3n) is 2.03. The van der Waals surface area contributed by atoms with Gasteiger partial charge in [0.2, 0.25) is 6.39 Å². The molecule has 2 rings (SSSR count). The van der Waals surface area contributed by atoms with E-state index >= 15 is 0 Å². The Labute approximate surface area is 92.1 Å². The summed E-state index contributed by atoms with van der Waals surface area (Å²) >= 11 is 0. The molecule has 2 aromatic rings. The van der Waals surface area contributed by atoms with Crippen LogP contribution in [-0.2, 0) is 13.1 Å². The fraction of sp³-hybridized carbons (Fsp3) is 0.444. The van der Waals surface area contributed by atoms with Crippen molar-refractivity contribution in [3.63, 3.8) is 0 Å². The summed E-state index contributed by atoms with van der Waals surface area (Å²) in [6.45, 7) is 1.40. The number of rotatable bonds is 6. The first-order chi connectivity index (χ1) is 7.84. The van der Waals surface area contributed by atoms with Crippen LogP contribution in [0.1, 0.15) is 5.82 Å². The molecule has 0 saturated carbocycles. The lowest BCUT2D eigenvalue weighted by Crippen LogP contribution is -2.30. The fourth-order valence-electron chi connectivity index (χ4n) is 1.31. The molecule has 0 fully saturated rings. The molecule has 2 aromatic heterocycles. The summed E-state index contributed by atoms with van der Waals surface area (Å²) < 4.78 is 6.26. The van der Waals surface area contributed by atoms with Crippen LogP contribution in [0.2, 0.25) is 0 Å². The summed E-state index contributed by atoms with van der Waals surface area (Å²) in [5, 5.41) is 20.3. The van der Waals surface area contributed by atoms with Crippen LogP contribution in [-0.4, -0.2) is 37.7 Å². The molecular weight excluding hydrogens is 210 g/mol. The van der Waals surface area contributed by atoms with E-state index in [2.05, 4.69) is 25.1 Å². The van der Waals surface area contributed by atoms with E-state index in [9.17, 15) is 5.11 Å². The molecule has 1 atom stereocenters. The fourth-order valence-corrected chi connectivity index (χ4v) is 1.31. The Kier molecular flexibility index (Phi) is 3.62. The van der Waals surface area contributed by atoms with Crippen molar-refractivity contribution in [2.24, 2.45) is 0 Å². The molecule has 16 heavy (non-hydrogen) atoms. The first kappa shape index (κ1) is 10.8. The second kappa shape index (κ2) is 5.38. The van der Waals surface area contributed by atoms with Gasteiger partial charge in [0.1, 0.15) is 0 Å². The molecule has 86 valence electrons. The standard InChI is InChI=1S/C9H13N5O2/c15-8(6-14-3-1-2-12-14)4-10-5-9-11-7-16-13-9/h1-3,7-8,10,15H,4-6H2. The largest absolute Gasteiger partial charge is 0.390 e. The maximum atomic E-state index is 9.66. The van der Waals surface area contributed by atoms with E-state index in [1.165, 1.54) is 6.39 Å². The molecule has 0 radical (unpaired) electrons. The molecule has 1 unspecified atom stereocenters. The third-order valence-corrected chi connectivity index (χ3v) is 2.03. The summed E-state index contributed by atoms with van der Waals surface area (Å²) in [5.41, 5.74) is 0. The lowest BCUT2D eigenvalue weighted by molar-refractivity contribution is 0.146. The molecule has 0 spiro atoms. The molecule has 2 N–H and O–H groups in total. The quantitative estimate of drug-likeness (QED) is 0.681. The zero-order valence-electron chi connectivity index (χ0n) is 8.65. The highest BCUT2D eigenvalue weighted by Crippen LogP contribution is 1.91. The van der Waals surface area contributed by atoms with E-state index < -0.39 is 6.10 Å². The maximum absolute atomic E-state index is 9.66. The lowest BCUT2D eigenvalue weighted by atomic mass is 10.3. The Morgan fingerprint density at radius 3 is 3.19 bits per heavy atom. The predicted molar refractivity (Wildman–Crippen MR) is 54.2 cm³/mol. The number of nitrogens with one attached hydrogen (secondary N) is 1. The highest BCUT2D eigenvalue weighted by molar-refractivity contribution is 4.79. The van der Waals surface area contributed by atoms with Gasteiger partial charge in [0, 0.05) is 18.9 Å². The normalized spacial score (nSPS) is 12.8. The van der Waals surface area contributed by atoms with E-state index in [1.807, 2.05) is 12.3 Å². The molecule has 0 bridgehead atoms. The molecule has 0 saturated heterocycles. The summed E-state index contributed by atoms with van der Waals surface area (Å²) in [6, 6.07) is 1.82. The van der Waals surface area contributed by atoms with Crippen molar-refractivity contribution in [2.45, 2.75) is 19.2 Å². The van der Waals surface area contributed by atoms with Crippen molar-refractivity contribution in [1.29, 1.82) is 0 Å².